The Morgan fingerprint density at radius 1 is 0.923 bits per heavy atom. The number of fused-ring (bicyclic) bond motifs is 1. The van der Waals surface area contributed by atoms with Gasteiger partial charge < -0.3 is 9.47 Å². The minimum absolute atomic E-state index is 0.0495. The average molecular weight is 373 g/mol. The third-order valence-corrected chi connectivity index (χ3v) is 6.94. The van der Waals surface area contributed by atoms with Gasteiger partial charge in [0.15, 0.2) is 11.5 Å². The predicted octanol–water partition coefficient (Wildman–Crippen LogP) is 3.59. The van der Waals surface area contributed by atoms with Crippen LogP contribution in [0.5, 0.6) is 11.5 Å². The molecule has 1 heterocycles. The maximum atomic E-state index is 13.3. The molecule has 5 nitrogen and oxygen atoms in total. The zero-order valence-electron chi connectivity index (χ0n) is 14.6. The molecule has 0 saturated heterocycles. The van der Waals surface area contributed by atoms with Crippen LogP contribution in [0.3, 0.4) is 0 Å². The smallest absolute Gasteiger partial charge is 0.243 e. The lowest BCUT2D eigenvalue weighted by Crippen LogP contribution is -2.38. The number of hydrogen-bond donors (Lipinski definition) is 0. The summed E-state index contributed by atoms with van der Waals surface area (Å²) >= 11 is 0. The highest BCUT2D eigenvalue weighted by molar-refractivity contribution is 7.89. The van der Waals surface area contributed by atoms with Crippen molar-refractivity contribution in [2.75, 3.05) is 13.2 Å². The molecule has 1 saturated carbocycles. The van der Waals surface area contributed by atoms with Crippen molar-refractivity contribution in [3.63, 3.8) is 0 Å². The Morgan fingerprint density at radius 2 is 1.62 bits per heavy atom. The van der Waals surface area contributed by atoms with E-state index in [0.717, 1.165) is 37.0 Å². The Morgan fingerprint density at radius 3 is 2.35 bits per heavy atom. The first-order valence-electron chi connectivity index (χ1n) is 9.10. The summed E-state index contributed by atoms with van der Waals surface area (Å²) in [4.78, 5) is 0.351. The minimum Gasteiger partial charge on any atom is -0.486 e. The van der Waals surface area contributed by atoms with Crippen LogP contribution in [-0.2, 0) is 16.6 Å². The lowest BCUT2D eigenvalue weighted by Gasteiger charge is -2.29. The summed E-state index contributed by atoms with van der Waals surface area (Å²) in [5.41, 5.74) is 0.917. The molecule has 0 unspecified atom stereocenters. The van der Waals surface area contributed by atoms with E-state index >= 15 is 0 Å². The number of sulfonamides is 1. The fraction of sp³-hybridized carbons (Fsp3) is 0.400. The molecular weight excluding hydrogens is 350 g/mol. The van der Waals surface area contributed by atoms with Crippen molar-refractivity contribution in [1.82, 2.24) is 4.31 Å². The highest BCUT2D eigenvalue weighted by atomic mass is 32.2. The predicted molar refractivity (Wildman–Crippen MR) is 98.9 cm³/mol. The second-order valence-electron chi connectivity index (χ2n) is 6.78. The van der Waals surface area contributed by atoms with Crippen LogP contribution in [0.25, 0.3) is 0 Å². The first kappa shape index (κ1) is 17.4. The van der Waals surface area contributed by atoms with E-state index in [1.807, 2.05) is 24.3 Å². The van der Waals surface area contributed by atoms with Crippen molar-refractivity contribution in [3.05, 3.63) is 54.1 Å². The molecule has 1 aliphatic heterocycles. The standard InChI is InChI=1S/C20H23NO4S/c22-26(23,18-8-2-1-3-9-18)21(17-6-4-5-7-17)15-16-10-11-19-20(14-16)25-13-12-24-19/h1-3,8-11,14,17H,4-7,12-13,15H2. The van der Waals surface area contributed by atoms with E-state index in [1.54, 1.807) is 28.6 Å². The fourth-order valence-electron chi connectivity index (χ4n) is 3.70. The quantitative estimate of drug-likeness (QED) is 0.804. The lowest BCUT2D eigenvalue weighted by atomic mass is 10.1. The molecule has 0 radical (unpaired) electrons. The zero-order chi connectivity index (χ0) is 18.0. The summed E-state index contributed by atoms with van der Waals surface area (Å²) in [5, 5.41) is 0. The Hall–Kier alpha value is -2.05. The molecule has 2 aliphatic rings. The molecule has 0 spiro atoms. The van der Waals surface area contributed by atoms with Gasteiger partial charge in [-0.1, -0.05) is 37.1 Å². The molecule has 6 heteroatoms. The summed E-state index contributed by atoms with van der Waals surface area (Å²) in [5.74, 6) is 1.41. The number of rotatable bonds is 5. The van der Waals surface area contributed by atoms with Crippen LogP contribution < -0.4 is 9.47 Å². The van der Waals surface area contributed by atoms with Gasteiger partial charge >= 0.3 is 0 Å². The van der Waals surface area contributed by atoms with Crippen LogP contribution in [0.15, 0.2) is 53.4 Å². The van der Waals surface area contributed by atoms with Gasteiger partial charge in [-0.3, -0.25) is 0 Å². The molecule has 2 aromatic carbocycles. The third kappa shape index (κ3) is 3.44. The molecule has 0 atom stereocenters. The van der Waals surface area contributed by atoms with Gasteiger partial charge in [0.1, 0.15) is 13.2 Å². The summed E-state index contributed by atoms with van der Waals surface area (Å²) < 4.78 is 39.4. The van der Waals surface area contributed by atoms with Crippen molar-refractivity contribution >= 4 is 10.0 Å². The van der Waals surface area contributed by atoms with Gasteiger partial charge in [0.2, 0.25) is 10.0 Å². The van der Waals surface area contributed by atoms with Gasteiger partial charge in [0.05, 0.1) is 4.90 Å². The van der Waals surface area contributed by atoms with Gasteiger partial charge in [-0.25, -0.2) is 8.42 Å². The molecule has 26 heavy (non-hydrogen) atoms. The van der Waals surface area contributed by atoms with Crippen molar-refractivity contribution < 1.29 is 17.9 Å². The van der Waals surface area contributed by atoms with Crippen LogP contribution in [-0.4, -0.2) is 32.0 Å². The summed E-state index contributed by atoms with van der Waals surface area (Å²) in [6.45, 7) is 1.41. The maximum absolute atomic E-state index is 13.3. The molecule has 2 aromatic rings. The van der Waals surface area contributed by atoms with Gasteiger partial charge in [-0.05, 0) is 42.7 Å². The third-order valence-electron chi connectivity index (χ3n) is 5.03. The fourth-order valence-corrected chi connectivity index (χ4v) is 5.39. The molecular formula is C20H23NO4S. The van der Waals surface area contributed by atoms with Crippen LogP contribution >= 0.6 is 0 Å². The summed E-state index contributed by atoms with van der Waals surface area (Å²) in [6.07, 6.45) is 3.98. The molecule has 0 N–H and O–H groups in total. The first-order chi connectivity index (χ1) is 12.6. The number of hydrogen-bond acceptors (Lipinski definition) is 4. The number of ether oxygens (including phenoxy) is 2. The normalized spacial score (nSPS) is 17.6. The second kappa shape index (κ2) is 7.29. The number of benzene rings is 2. The van der Waals surface area contributed by atoms with Crippen LogP contribution in [0, 0.1) is 0 Å². The molecule has 0 amide bonds. The Balaban J connectivity index is 1.66. The van der Waals surface area contributed by atoms with Crippen molar-refractivity contribution in [1.29, 1.82) is 0 Å². The zero-order valence-corrected chi connectivity index (χ0v) is 15.5. The van der Waals surface area contributed by atoms with Gasteiger partial charge in [-0.15, -0.1) is 0 Å². The lowest BCUT2D eigenvalue weighted by molar-refractivity contribution is 0.171. The van der Waals surface area contributed by atoms with Gasteiger partial charge in [0.25, 0.3) is 0 Å². The van der Waals surface area contributed by atoms with Crippen molar-refractivity contribution in [2.24, 2.45) is 0 Å². The SMILES string of the molecule is O=S(=O)(c1ccccc1)N(Cc1ccc2c(c1)OCCO2)C1CCCC1. The van der Waals surface area contributed by atoms with Gasteiger partial charge in [0, 0.05) is 12.6 Å². The molecule has 0 bridgehead atoms. The van der Waals surface area contributed by atoms with Crippen LogP contribution in [0.1, 0.15) is 31.2 Å². The van der Waals surface area contributed by atoms with Gasteiger partial charge in [-0.2, -0.15) is 4.31 Å². The molecule has 138 valence electrons. The molecule has 4 rings (SSSR count). The molecule has 0 aromatic heterocycles. The largest absolute Gasteiger partial charge is 0.486 e. The van der Waals surface area contributed by atoms with E-state index < -0.39 is 10.0 Å². The van der Waals surface area contributed by atoms with Crippen LogP contribution in [0.2, 0.25) is 0 Å². The minimum atomic E-state index is -3.54. The molecule has 1 fully saturated rings. The highest BCUT2D eigenvalue weighted by Gasteiger charge is 2.33. The second-order valence-corrected chi connectivity index (χ2v) is 8.67. The average Bonchev–Trinajstić information content (AvgIpc) is 3.21. The highest BCUT2D eigenvalue weighted by Crippen LogP contribution is 2.34. The number of nitrogens with zero attached hydrogens (tertiary/aromatic N) is 1. The maximum Gasteiger partial charge on any atom is 0.243 e. The monoisotopic (exact) mass is 373 g/mol. The Bertz CT molecular complexity index is 861. The van der Waals surface area contributed by atoms with Crippen molar-refractivity contribution in [2.45, 2.75) is 43.2 Å². The van der Waals surface area contributed by atoms with E-state index in [2.05, 4.69) is 0 Å². The van der Waals surface area contributed by atoms with Crippen LogP contribution in [0.4, 0.5) is 0 Å². The topological polar surface area (TPSA) is 55.8 Å². The van der Waals surface area contributed by atoms with E-state index in [4.69, 9.17) is 9.47 Å². The van der Waals surface area contributed by atoms with E-state index in [-0.39, 0.29) is 6.04 Å². The van der Waals surface area contributed by atoms with E-state index in [0.29, 0.717) is 30.4 Å². The van der Waals surface area contributed by atoms with Crippen molar-refractivity contribution in [3.8, 4) is 11.5 Å². The Labute approximate surface area is 154 Å². The summed E-state index contributed by atoms with van der Waals surface area (Å²) in [6, 6.07) is 14.4. The van der Waals surface area contributed by atoms with E-state index in [1.165, 1.54) is 0 Å². The van der Waals surface area contributed by atoms with E-state index in [9.17, 15) is 8.42 Å². The Kier molecular flexibility index (Phi) is 4.87. The summed E-state index contributed by atoms with van der Waals surface area (Å²) in [7, 11) is -3.54. The first-order valence-corrected chi connectivity index (χ1v) is 10.5. The molecule has 1 aliphatic carbocycles.